The fraction of sp³-hybridized carbons (Fsp3) is 0.250. The zero-order valence-corrected chi connectivity index (χ0v) is 18.4. The van der Waals surface area contributed by atoms with Gasteiger partial charge in [0.15, 0.2) is 0 Å². The normalized spacial score (nSPS) is 11.0. The van der Waals surface area contributed by atoms with E-state index in [1.807, 2.05) is 32.0 Å². The number of hydrogen-bond donors (Lipinski definition) is 1. The van der Waals surface area contributed by atoms with Gasteiger partial charge in [-0.25, -0.2) is 9.97 Å². The van der Waals surface area contributed by atoms with Crippen molar-refractivity contribution >= 4 is 17.0 Å². The van der Waals surface area contributed by atoms with Crippen LogP contribution >= 0.6 is 0 Å². The highest BCUT2D eigenvalue weighted by Gasteiger charge is 2.19. The molecule has 0 bridgehead atoms. The summed E-state index contributed by atoms with van der Waals surface area (Å²) in [6.07, 6.45) is 1.64. The third kappa shape index (κ3) is 4.54. The maximum absolute atomic E-state index is 13.0. The molecule has 0 aliphatic rings. The van der Waals surface area contributed by atoms with Crippen molar-refractivity contribution < 1.29 is 18.8 Å². The van der Waals surface area contributed by atoms with E-state index in [0.717, 1.165) is 17.0 Å². The molecule has 0 radical (unpaired) electrons. The number of nitrogens with zero attached hydrogens (tertiary/aromatic N) is 3. The van der Waals surface area contributed by atoms with Gasteiger partial charge in [0.25, 0.3) is 11.6 Å². The van der Waals surface area contributed by atoms with Crippen LogP contribution in [0.5, 0.6) is 17.4 Å². The van der Waals surface area contributed by atoms with Gasteiger partial charge in [0.05, 0.1) is 23.8 Å². The molecule has 3 aromatic heterocycles. The van der Waals surface area contributed by atoms with Gasteiger partial charge in [-0.3, -0.25) is 4.79 Å². The lowest BCUT2D eigenvalue weighted by molar-refractivity contribution is 0.0952. The lowest BCUT2D eigenvalue weighted by Gasteiger charge is -2.10. The van der Waals surface area contributed by atoms with Crippen LogP contribution in [0.1, 0.15) is 47.1 Å². The molecule has 0 saturated carbocycles. The lowest BCUT2D eigenvalue weighted by atomic mass is 10.0. The average molecular weight is 432 g/mol. The number of carbonyl (C=O) groups is 1. The van der Waals surface area contributed by atoms with E-state index in [-0.39, 0.29) is 11.8 Å². The Bertz CT molecular complexity index is 1250. The highest BCUT2D eigenvalue weighted by atomic mass is 16.5. The van der Waals surface area contributed by atoms with E-state index in [1.165, 1.54) is 0 Å². The molecule has 0 aliphatic heterocycles. The summed E-state index contributed by atoms with van der Waals surface area (Å²) in [6.45, 7) is 6.14. The van der Waals surface area contributed by atoms with Crippen LogP contribution in [-0.4, -0.2) is 28.1 Å². The molecule has 0 unspecified atom stereocenters. The zero-order chi connectivity index (χ0) is 22.7. The molecule has 32 heavy (non-hydrogen) atoms. The number of carbonyl (C=O) groups excluding carboxylic acids is 1. The number of aryl methyl sites for hydroxylation is 1. The monoisotopic (exact) mass is 432 g/mol. The Hall–Kier alpha value is -3.94. The molecule has 4 aromatic rings. The summed E-state index contributed by atoms with van der Waals surface area (Å²) in [4.78, 5) is 21.7. The van der Waals surface area contributed by atoms with E-state index in [0.29, 0.717) is 40.5 Å². The van der Waals surface area contributed by atoms with E-state index < -0.39 is 0 Å². The molecule has 4 rings (SSSR count). The summed E-state index contributed by atoms with van der Waals surface area (Å²) in [5.74, 6) is 1.75. The third-order valence-corrected chi connectivity index (χ3v) is 5.01. The SMILES string of the molecule is COc1ccc(Oc2cc(CNC(=O)c3cc(C(C)C)nc4onc(C)c34)ccn2)cc1. The Morgan fingerprint density at radius 1 is 1.12 bits per heavy atom. The fourth-order valence-electron chi connectivity index (χ4n) is 3.25. The molecule has 3 heterocycles. The molecule has 1 aromatic carbocycles. The van der Waals surface area contributed by atoms with Gasteiger partial charge in [0, 0.05) is 24.5 Å². The predicted octanol–water partition coefficient (Wildman–Crippen LogP) is 4.78. The summed E-state index contributed by atoms with van der Waals surface area (Å²) in [5.41, 5.74) is 3.14. The number of amides is 1. The highest BCUT2D eigenvalue weighted by molar-refractivity contribution is 6.06. The Kier molecular flexibility index (Phi) is 6.02. The van der Waals surface area contributed by atoms with Crippen molar-refractivity contribution in [2.45, 2.75) is 33.2 Å². The molecular formula is C24H24N4O4. The van der Waals surface area contributed by atoms with Crippen LogP contribution in [0, 0.1) is 6.92 Å². The second-order valence-electron chi connectivity index (χ2n) is 7.66. The fourth-order valence-corrected chi connectivity index (χ4v) is 3.25. The van der Waals surface area contributed by atoms with E-state index in [4.69, 9.17) is 14.0 Å². The van der Waals surface area contributed by atoms with Gasteiger partial charge < -0.3 is 19.3 Å². The largest absolute Gasteiger partial charge is 0.497 e. The quantitative estimate of drug-likeness (QED) is 0.449. The average Bonchev–Trinajstić information content (AvgIpc) is 3.18. The maximum Gasteiger partial charge on any atom is 0.259 e. The molecular weight excluding hydrogens is 408 g/mol. The van der Waals surface area contributed by atoms with Crippen molar-refractivity contribution in [2.75, 3.05) is 7.11 Å². The summed E-state index contributed by atoms with van der Waals surface area (Å²) in [5, 5.41) is 7.56. The molecule has 164 valence electrons. The topological polar surface area (TPSA) is 99.4 Å². The van der Waals surface area contributed by atoms with Crippen LogP contribution in [0.3, 0.4) is 0 Å². The summed E-state index contributed by atoms with van der Waals surface area (Å²) >= 11 is 0. The third-order valence-electron chi connectivity index (χ3n) is 5.01. The Morgan fingerprint density at radius 2 is 1.88 bits per heavy atom. The number of ether oxygens (including phenoxy) is 2. The molecule has 8 heteroatoms. The van der Waals surface area contributed by atoms with E-state index >= 15 is 0 Å². The van der Waals surface area contributed by atoms with Gasteiger partial charge in [0.2, 0.25) is 5.88 Å². The first kappa shape index (κ1) is 21.3. The summed E-state index contributed by atoms with van der Waals surface area (Å²) < 4.78 is 16.3. The van der Waals surface area contributed by atoms with Gasteiger partial charge in [-0.05, 0) is 54.8 Å². The summed E-state index contributed by atoms with van der Waals surface area (Å²) in [6, 6.07) is 12.6. The van der Waals surface area contributed by atoms with Crippen molar-refractivity contribution in [1.29, 1.82) is 0 Å². The van der Waals surface area contributed by atoms with Gasteiger partial charge in [0.1, 0.15) is 11.5 Å². The minimum absolute atomic E-state index is 0.147. The number of hydrogen-bond acceptors (Lipinski definition) is 7. The Labute approximate surface area is 185 Å². The number of aromatic nitrogens is 3. The lowest BCUT2D eigenvalue weighted by Crippen LogP contribution is -2.23. The predicted molar refractivity (Wildman–Crippen MR) is 119 cm³/mol. The maximum atomic E-state index is 13.0. The molecule has 0 saturated heterocycles. The van der Waals surface area contributed by atoms with Crippen LogP contribution in [0.4, 0.5) is 0 Å². The van der Waals surface area contributed by atoms with E-state index in [2.05, 4.69) is 20.4 Å². The van der Waals surface area contributed by atoms with E-state index in [9.17, 15) is 4.79 Å². The van der Waals surface area contributed by atoms with Crippen LogP contribution in [0.15, 0.2) is 53.2 Å². The van der Waals surface area contributed by atoms with Crippen molar-refractivity contribution in [3.8, 4) is 17.4 Å². The first-order chi connectivity index (χ1) is 15.4. The molecule has 0 spiro atoms. The second kappa shape index (κ2) is 9.05. The number of nitrogens with one attached hydrogen (secondary N) is 1. The van der Waals surface area contributed by atoms with Crippen molar-refractivity contribution in [3.05, 3.63) is 71.2 Å². The molecule has 1 N–H and O–H groups in total. The van der Waals surface area contributed by atoms with Gasteiger partial charge in [-0.15, -0.1) is 0 Å². The highest BCUT2D eigenvalue weighted by Crippen LogP contribution is 2.26. The minimum atomic E-state index is -0.222. The van der Waals surface area contributed by atoms with Crippen LogP contribution < -0.4 is 14.8 Å². The molecule has 8 nitrogen and oxygen atoms in total. The van der Waals surface area contributed by atoms with Crippen LogP contribution in [0.2, 0.25) is 0 Å². The number of pyridine rings is 2. The number of benzene rings is 1. The molecule has 1 amide bonds. The number of rotatable bonds is 7. The first-order valence-corrected chi connectivity index (χ1v) is 10.3. The van der Waals surface area contributed by atoms with Gasteiger partial charge in [-0.1, -0.05) is 19.0 Å². The van der Waals surface area contributed by atoms with Gasteiger partial charge in [-0.2, -0.15) is 0 Å². The minimum Gasteiger partial charge on any atom is -0.497 e. The Morgan fingerprint density at radius 3 is 2.59 bits per heavy atom. The molecule has 0 fully saturated rings. The standard InChI is InChI=1S/C24H24N4O4/c1-14(2)20-12-19(22-15(3)28-32-24(22)27-20)23(29)26-13-16-9-10-25-21(11-16)31-18-7-5-17(30-4)6-8-18/h5-12,14H,13H2,1-4H3,(H,26,29). The van der Waals surface area contributed by atoms with Crippen LogP contribution in [-0.2, 0) is 6.54 Å². The summed E-state index contributed by atoms with van der Waals surface area (Å²) in [7, 11) is 1.61. The van der Waals surface area contributed by atoms with E-state index in [1.54, 1.807) is 44.5 Å². The first-order valence-electron chi connectivity index (χ1n) is 10.3. The Balaban J connectivity index is 1.50. The number of methoxy groups -OCH3 is 1. The van der Waals surface area contributed by atoms with Crippen molar-refractivity contribution in [1.82, 2.24) is 20.4 Å². The molecule has 0 aliphatic carbocycles. The second-order valence-corrected chi connectivity index (χ2v) is 7.66. The smallest absolute Gasteiger partial charge is 0.259 e. The zero-order valence-electron chi connectivity index (χ0n) is 18.4. The van der Waals surface area contributed by atoms with Gasteiger partial charge >= 0.3 is 0 Å². The number of fused-ring (bicyclic) bond motifs is 1. The van der Waals surface area contributed by atoms with Crippen LogP contribution in [0.25, 0.3) is 11.1 Å². The van der Waals surface area contributed by atoms with Crippen molar-refractivity contribution in [2.24, 2.45) is 0 Å². The van der Waals surface area contributed by atoms with Crippen molar-refractivity contribution in [3.63, 3.8) is 0 Å². The molecule has 0 atom stereocenters.